The summed E-state index contributed by atoms with van der Waals surface area (Å²) in [6, 6.07) is 0.651. The van der Waals surface area contributed by atoms with E-state index in [4.69, 9.17) is 0 Å². The highest BCUT2D eigenvalue weighted by atomic mass is 32.1. The van der Waals surface area contributed by atoms with Gasteiger partial charge in [0.15, 0.2) is 0 Å². The fraction of sp³-hybridized carbons (Fsp3) is 0.778. The topological polar surface area (TPSA) is 29.0 Å². The molecular formula is C9H15N3S. The Balaban J connectivity index is 2.15. The number of anilines is 1. The summed E-state index contributed by atoms with van der Waals surface area (Å²) in [7, 11) is 0. The van der Waals surface area contributed by atoms with Crippen molar-refractivity contribution in [2.75, 3.05) is 11.4 Å². The van der Waals surface area contributed by atoms with Crippen molar-refractivity contribution in [3.05, 3.63) is 5.82 Å². The molecule has 2 rings (SSSR count). The molecule has 1 aliphatic heterocycles. The first-order valence-electron chi connectivity index (χ1n) is 4.90. The fourth-order valence-electron chi connectivity index (χ4n) is 1.72. The predicted molar refractivity (Wildman–Crippen MR) is 55.3 cm³/mol. The summed E-state index contributed by atoms with van der Waals surface area (Å²) in [6.07, 6.45) is 3.53. The summed E-state index contributed by atoms with van der Waals surface area (Å²) in [5.41, 5.74) is 0. The number of nitrogens with zero attached hydrogens (tertiary/aromatic N) is 3. The lowest BCUT2D eigenvalue weighted by atomic mass is 10.2. The average Bonchev–Trinajstić information content (AvgIpc) is 2.71. The van der Waals surface area contributed by atoms with Crippen LogP contribution in [0.3, 0.4) is 0 Å². The van der Waals surface area contributed by atoms with Gasteiger partial charge in [-0.15, -0.1) is 0 Å². The lowest BCUT2D eigenvalue weighted by Crippen LogP contribution is -2.25. The second-order valence-corrected chi connectivity index (χ2v) is 4.26. The molecule has 0 spiro atoms. The van der Waals surface area contributed by atoms with Crippen LogP contribution in [0, 0.1) is 0 Å². The molecule has 0 amide bonds. The van der Waals surface area contributed by atoms with Gasteiger partial charge in [-0.25, -0.2) is 4.98 Å². The lowest BCUT2D eigenvalue weighted by molar-refractivity contribution is 0.731. The Kier molecular flexibility index (Phi) is 2.49. The van der Waals surface area contributed by atoms with Crippen molar-refractivity contribution in [3.8, 4) is 0 Å². The zero-order valence-electron chi connectivity index (χ0n) is 8.16. The van der Waals surface area contributed by atoms with E-state index in [0.29, 0.717) is 6.04 Å². The van der Waals surface area contributed by atoms with Gasteiger partial charge in [-0.1, -0.05) is 6.92 Å². The summed E-state index contributed by atoms with van der Waals surface area (Å²) in [6.45, 7) is 5.51. The molecule has 0 aliphatic carbocycles. The van der Waals surface area contributed by atoms with Gasteiger partial charge in [0.25, 0.3) is 0 Å². The van der Waals surface area contributed by atoms with Crippen molar-refractivity contribution >= 4 is 16.7 Å². The predicted octanol–water partition coefficient (Wildman–Crippen LogP) is 2.09. The number of hydrogen-bond acceptors (Lipinski definition) is 4. The minimum atomic E-state index is 0.651. The summed E-state index contributed by atoms with van der Waals surface area (Å²) >= 11 is 1.54. The second-order valence-electron chi connectivity index (χ2n) is 3.53. The number of aryl methyl sites for hydroxylation is 1. The van der Waals surface area contributed by atoms with Crippen molar-refractivity contribution in [1.29, 1.82) is 0 Å². The summed E-state index contributed by atoms with van der Waals surface area (Å²) in [5, 5.41) is 1.11. The largest absolute Gasteiger partial charge is 0.344 e. The van der Waals surface area contributed by atoms with Gasteiger partial charge in [0.2, 0.25) is 5.13 Å². The molecule has 2 heterocycles. The van der Waals surface area contributed by atoms with E-state index in [0.717, 1.165) is 23.9 Å². The molecule has 0 N–H and O–H groups in total. The highest BCUT2D eigenvalue weighted by molar-refractivity contribution is 7.09. The van der Waals surface area contributed by atoms with Crippen LogP contribution in [-0.2, 0) is 6.42 Å². The maximum absolute atomic E-state index is 4.49. The van der Waals surface area contributed by atoms with Crippen LogP contribution >= 0.6 is 11.5 Å². The quantitative estimate of drug-likeness (QED) is 0.727. The minimum absolute atomic E-state index is 0.651. The molecule has 13 heavy (non-hydrogen) atoms. The van der Waals surface area contributed by atoms with Crippen LogP contribution in [0.2, 0.25) is 0 Å². The number of rotatable bonds is 2. The second kappa shape index (κ2) is 3.62. The SMILES string of the molecule is CCc1nsc(N2CCCC2C)n1. The molecule has 1 aliphatic rings. The van der Waals surface area contributed by atoms with Crippen LogP contribution < -0.4 is 4.90 Å². The molecule has 0 aromatic carbocycles. The maximum Gasteiger partial charge on any atom is 0.205 e. The Labute approximate surface area is 83.0 Å². The Bertz CT molecular complexity index is 284. The molecule has 1 atom stereocenters. The zero-order chi connectivity index (χ0) is 9.26. The molecule has 1 unspecified atom stereocenters. The molecule has 1 saturated heterocycles. The normalized spacial score (nSPS) is 22.6. The molecule has 0 bridgehead atoms. The maximum atomic E-state index is 4.49. The van der Waals surface area contributed by atoms with E-state index in [9.17, 15) is 0 Å². The van der Waals surface area contributed by atoms with E-state index in [1.54, 1.807) is 0 Å². The molecular weight excluding hydrogens is 182 g/mol. The number of hydrogen-bond donors (Lipinski definition) is 0. The summed E-state index contributed by atoms with van der Waals surface area (Å²) in [5.74, 6) is 0.985. The van der Waals surface area contributed by atoms with Crippen molar-refractivity contribution in [2.45, 2.75) is 39.2 Å². The first-order valence-corrected chi connectivity index (χ1v) is 5.68. The standard InChI is InChI=1S/C9H15N3S/c1-3-8-10-9(13-11-8)12-6-4-5-7(12)2/h7H,3-6H2,1-2H3. The number of aromatic nitrogens is 2. The van der Waals surface area contributed by atoms with Crippen LogP contribution in [0.1, 0.15) is 32.5 Å². The van der Waals surface area contributed by atoms with Crippen molar-refractivity contribution < 1.29 is 0 Å². The van der Waals surface area contributed by atoms with Gasteiger partial charge in [0.05, 0.1) is 0 Å². The highest BCUT2D eigenvalue weighted by Crippen LogP contribution is 2.26. The Morgan fingerprint density at radius 2 is 2.46 bits per heavy atom. The van der Waals surface area contributed by atoms with Crippen molar-refractivity contribution in [3.63, 3.8) is 0 Å². The van der Waals surface area contributed by atoms with E-state index in [2.05, 4.69) is 28.1 Å². The zero-order valence-corrected chi connectivity index (χ0v) is 8.97. The molecule has 1 aromatic rings. The molecule has 1 fully saturated rings. The van der Waals surface area contributed by atoms with E-state index < -0.39 is 0 Å². The third-order valence-corrected chi connectivity index (χ3v) is 3.36. The minimum Gasteiger partial charge on any atom is -0.344 e. The van der Waals surface area contributed by atoms with Gasteiger partial charge in [0, 0.05) is 30.5 Å². The van der Waals surface area contributed by atoms with Gasteiger partial charge < -0.3 is 4.90 Å². The third kappa shape index (κ3) is 1.68. The van der Waals surface area contributed by atoms with Crippen molar-refractivity contribution in [1.82, 2.24) is 9.36 Å². The van der Waals surface area contributed by atoms with Gasteiger partial charge in [-0.2, -0.15) is 4.37 Å². The summed E-state index contributed by atoms with van der Waals surface area (Å²) in [4.78, 5) is 6.87. The highest BCUT2D eigenvalue weighted by Gasteiger charge is 2.23. The Morgan fingerprint density at radius 1 is 1.62 bits per heavy atom. The van der Waals surface area contributed by atoms with E-state index >= 15 is 0 Å². The molecule has 4 heteroatoms. The summed E-state index contributed by atoms with van der Waals surface area (Å²) < 4.78 is 4.30. The molecule has 0 saturated carbocycles. The van der Waals surface area contributed by atoms with Crippen LogP contribution in [0.15, 0.2) is 0 Å². The Hall–Kier alpha value is -0.640. The monoisotopic (exact) mass is 197 g/mol. The van der Waals surface area contributed by atoms with E-state index in [-0.39, 0.29) is 0 Å². The van der Waals surface area contributed by atoms with Crippen molar-refractivity contribution in [2.24, 2.45) is 0 Å². The van der Waals surface area contributed by atoms with Gasteiger partial charge >= 0.3 is 0 Å². The van der Waals surface area contributed by atoms with Crippen LogP contribution in [-0.4, -0.2) is 21.9 Å². The van der Waals surface area contributed by atoms with Crippen LogP contribution in [0.5, 0.6) is 0 Å². The fourth-order valence-corrected chi connectivity index (χ4v) is 2.60. The van der Waals surface area contributed by atoms with Crippen LogP contribution in [0.4, 0.5) is 5.13 Å². The first kappa shape index (κ1) is 8.94. The van der Waals surface area contributed by atoms with Gasteiger partial charge in [0.1, 0.15) is 5.82 Å². The Morgan fingerprint density at radius 3 is 3.00 bits per heavy atom. The molecule has 1 aromatic heterocycles. The molecule has 0 radical (unpaired) electrons. The average molecular weight is 197 g/mol. The van der Waals surface area contributed by atoms with E-state index in [1.165, 1.54) is 24.4 Å². The van der Waals surface area contributed by atoms with E-state index in [1.807, 2.05) is 0 Å². The van der Waals surface area contributed by atoms with Crippen LogP contribution in [0.25, 0.3) is 0 Å². The third-order valence-electron chi connectivity index (χ3n) is 2.57. The first-order chi connectivity index (χ1) is 6.31. The smallest absolute Gasteiger partial charge is 0.205 e. The molecule has 72 valence electrons. The lowest BCUT2D eigenvalue weighted by Gasteiger charge is -2.19. The van der Waals surface area contributed by atoms with Gasteiger partial charge in [-0.05, 0) is 19.8 Å². The molecule has 3 nitrogen and oxygen atoms in total. The van der Waals surface area contributed by atoms with Gasteiger partial charge in [-0.3, -0.25) is 0 Å².